The van der Waals surface area contributed by atoms with E-state index in [0.717, 1.165) is 68.0 Å². The number of nitrogens with one attached hydrogen (secondary N) is 2. The van der Waals surface area contributed by atoms with Crippen LogP contribution in [-0.4, -0.2) is 55.6 Å². The molecule has 4 aromatic heterocycles. The molecule has 0 atom stereocenters. The molecule has 2 N–H and O–H groups in total. The predicted molar refractivity (Wildman–Crippen MR) is 144 cm³/mol. The molecule has 4 aromatic rings. The Morgan fingerprint density at radius 2 is 2.00 bits per heavy atom. The van der Waals surface area contributed by atoms with Crippen molar-refractivity contribution in [1.82, 2.24) is 29.8 Å². The number of piperidine rings is 1. The number of carbonyl (C=O) groups is 1. The fourth-order valence-electron chi connectivity index (χ4n) is 7.13. The minimum Gasteiger partial charge on any atom is -0.346 e. The normalized spacial score (nSPS) is 24.4. The topological polar surface area (TPSA) is 78.3 Å². The Hall–Kier alpha value is -2.71. The van der Waals surface area contributed by atoms with Gasteiger partial charge in [-0.25, -0.2) is 9.50 Å². The number of carbonyl (C=O) groups excluding carboxylic acids is 1. The molecule has 36 heavy (non-hydrogen) atoms. The van der Waals surface area contributed by atoms with Crippen LogP contribution in [0.5, 0.6) is 0 Å². The largest absolute Gasteiger partial charge is 0.346 e. The molecular weight excluding hydrogens is 468 g/mol. The van der Waals surface area contributed by atoms with Gasteiger partial charge in [0, 0.05) is 35.1 Å². The maximum atomic E-state index is 13.2. The lowest BCUT2D eigenvalue weighted by atomic mass is 9.72. The van der Waals surface area contributed by atoms with Gasteiger partial charge in [0.25, 0.3) is 0 Å². The molecule has 1 amide bonds. The van der Waals surface area contributed by atoms with E-state index in [4.69, 9.17) is 0 Å². The average molecular weight is 503 g/mol. The molecule has 7 heterocycles. The van der Waals surface area contributed by atoms with Gasteiger partial charge in [0.2, 0.25) is 5.91 Å². The minimum absolute atomic E-state index is 0.220. The van der Waals surface area contributed by atoms with E-state index in [1.165, 1.54) is 31.9 Å². The molecule has 8 rings (SSSR count). The number of hydrogen-bond donors (Lipinski definition) is 2. The Morgan fingerprint density at radius 3 is 2.69 bits per heavy atom. The highest BCUT2D eigenvalue weighted by molar-refractivity contribution is 7.19. The Kier molecular flexibility index (Phi) is 4.93. The van der Waals surface area contributed by atoms with Gasteiger partial charge in [0.15, 0.2) is 5.65 Å². The van der Waals surface area contributed by atoms with Gasteiger partial charge in [-0.2, -0.15) is 5.10 Å². The van der Waals surface area contributed by atoms with Gasteiger partial charge >= 0.3 is 0 Å². The Labute approximate surface area is 215 Å². The number of nitrogens with zero attached hydrogens (tertiary/aromatic N) is 4. The van der Waals surface area contributed by atoms with Crippen molar-refractivity contribution in [2.75, 3.05) is 19.6 Å². The summed E-state index contributed by atoms with van der Waals surface area (Å²) in [5.74, 6) is 2.01. The zero-order valence-corrected chi connectivity index (χ0v) is 22.3. The third-order valence-electron chi connectivity index (χ3n) is 8.95. The van der Waals surface area contributed by atoms with Gasteiger partial charge in [-0.1, -0.05) is 13.8 Å². The van der Waals surface area contributed by atoms with Crippen LogP contribution in [0.3, 0.4) is 0 Å². The lowest BCUT2D eigenvalue weighted by Gasteiger charge is -2.42. The van der Waals surface area contributed by atoms with E-state index >= 15 is 0 Å². The van der Waals surface area contributed by atoms with Crippen LogP contribution in [0.2, 0.25) is 0 Å². The van der Waals surface area contributed by atoms with Crippen molar-refractivity contribution in [1.29, 1.82) is 0 Å². The van der Waals surface area contributed by atoms with Crippen molar-refractivity contribution in [3.8, 4) is 11.3 Å². The fourth-order valence-corrected chi connectivity index (χ4v) is 8.52. The lowest BCUT2D eigenvalue weighted by Crippen LogP contribution is -2.58. The average Bonchev–Trinajstić information content (AvgIpc) is 3.65. The molecule has 3 aliphatic heterocycles. The molecule has 8 heteroatoms. The fraction of sp³-hybridized carbons (Fsp3) is 0.536. The smallest absolute Gasteiger partial charge is 0.242 e. The second-order valence-corrected chi connectivity index (χ2v) is 12.7. The van der Waals surface area contributed by atoms with Crippen molar-refractivity contribution in [3.63, 3.8) is 0 Å². The molecule has 188 valence electrons. The predicted octanol–water partition coefficient (Wildman–Crippen LogP) is 5.14. The lowest BCUT2D eigenvalue weighted by molar-refractivity contribution is -0.141. The molecule has 0 radical (unpaired) electrons. The molecule has 4 aliphatic rings. The highest BCUT2D eigenvalue weighted by atomic mass is 32.1. The Morgan fingerprint density at radius 1 is 1.22 bits per heavy atom. The summed E-state index contributed by atoms with van der Waals surface area (Å²) >= 11 is 1.92. The number of rotatable bonds is 4. The summed E-state index contributed by atoms with van der Waals surface area (Å²) in [6.07, 6.45) is 7.91. The van der Waals surface area contributed by atoms with Crippen LogP contribution in [0.15, 0.2) is 18.6 Å². The van der Waals surface area contributed by atoms with E-state index in [2.05, 4.69) is 65.2 Å². The first-order valence-corrected chi connectivity index (χ1v) is 14.2. The van der Waals surface area contributed by atoms with E-state index in [1.807, 2.05) is 15.9 Å². The third kappa shape index (κ3) is 3.16. The van der Waals surface area contributed by atoms with Crippen LogP contribution in [-0.2, 0) is 4.79 Å². The summed E-state index contributed by atoms with van der Waals surface area (Å²) in [4.78, 5) is 26.3. The van der Waals surface area contributed by atoms with Crippen molar-refractivity contribution < 1.29 is 4.79 Å². The van der Waals surface area contributed by atoms with Crippen LogP contribution in [0, 0.1) is 19.8 Å². The summed E-state index contributed by atoms with van der Waals surface area (Å²) in [6.45, 7) is 11.8. The van der Waals surface area contributed by atoms with Crippen molar-refractivity contribution in [2.24, 2.45) is 5.92 Å². The highest BCUT2D eigenvalue weighted by Crippen LogP contribution is 2.48. The number of H-pyrrole nitrogens is 1. The number of aryl methyl sites for hydroxylation is 2. The summed E-state index contributed by atoms with van der Waals surface area (Å²) in [7, 11) is 0. The second-order valence-electron chi connectivity index (χ2n) is 11.6. The Bertz CT molecular complexity index is 1490. The molecule has 1 aliphatic carbocycles. The first-order valence-electron chi connectivity index (χ1n) is 13.3. The first kappa shape index (κ1) is 22.5. The van der Waals surface area contributed by atoms with Crippen molar-refractivity contribution in [3.05, 3.63) is 40.2 Å². The van der Waals surface area contributed by atoms with Gasteiger partial charge in [0.1, 0.15) is 11.2 Å². The number of amides is 1. The summed E-state index contributed by atoms with van der Waals surface area (Å²) in [5, 5.41) is 9.30. The molecule has 0 unspecified atom stereocenters. The van der Waals surface area contributed by atoms with Crippen LogP contribution in [0.25, 0.3) is 27.1 Å². The van der Waals surface area contributed by atoms with E-state index in [9.17, 15) is 4.79 Å². The molecule has 0 aromatic carbocycles. The molecule has 0 spiro atoms. The first-order chi connectivity index (χ1) is 17.3. The number of thiophene rings is 1. The number of aromatic amines is 1. The SMILES string of the molecule is Cc1c(C2CCN(C(=O)C34CC(CN3)C4)CC2)sc2[nH]c(-c3cc(C)c4ncnn4c3)c(C(C)C)c12. The van der Waals surface area contributed by atoms with Crippen molar-refractivity contribution in [2.45, 2.75) is 70.8 Å². The number of fused-ring (bicyclic) bond motifs is 3. The maximum absolute atomic E-state index is 13.2. The Balaban J connectivity index is 1.19. The third-order valence-corrected chi connectivity index (χ3v) is 10.3. The van der Waals surface area contributed by atoms with E-state index in [0.29, 0.717) is 17.7 Å². The highest BCUT2D eigenvalue weighted by Gasteiger charge is 2.56. The zero-order chi connectivity index (χ0) is 24.8. The zero-order valence-electron chi connectivity index (χ0n) is 21.5. The molecule has 2 bridgehead atoms. The molecule has 3 saturated heterocycles. The monoisotopic (exact) mass is 502 g/mol. The molecule has 7 nitrogen and oxygen atoms in total. The van der Waals surface area contributed by atoms with Crippen LogP contribution < -0.4 is 5.32 Å². The minimum atomic E-state index is -0.220. The van der Waals surface area contributed by atoms with Crippen LogP contribution in [0.4, 0.5) is 0 Å². The summed E-state index contributed by atoms with van der Waals surface area (Å²) in [6, 6.07) is 2.22. The quantitative estimate of drug-likeness (QED) is 0.405. The number of hydrogen-bond acceptors (Lipinski definition) is 5. The van der Waals surface area contributed by atoms with E-state index < -0.39 is 0 Å². The van der Waals surface area contributed by atoms with Gasteiger partial charge in [0.05, 0.1) is 11.2 Å². The molecule has 4 fully saturated rings. The molecular formula is C28H34N6OS. The molecule has 1 saturated carbocycles. The number of likely N-dealkylation sites (tertiary alicyclic amines) is 1. The van der Waals surface area contributed by atoms with Crippen molar-refractivity contribution >= 4 is 33.1 Å². The van der Waals surface area contributed by atoms with Gasteiger partial charge in [-0.15, -0.1) is 11.3 Å². The number of aromatic nitrogens is 4. The summed E-state index contributed by atoms with van der Waals surface area (Å²) < 4.78 is 1.88. The number of pyridine rings is 1. The van der Waals surface area contributed by atoms with E-state index in [-0.39, 0.29) is 5.54 Å². The second kappa shape index (κ2) is 7.89. The standard InChI is InChI=1S/C28H34N6OS/c1-15(2)21-22-17(4)24(19-5-7-33(8-6-19)27(35)28-10-18(11-28)12-30-28)36-26(22)32-23(21)20-9-16(3)25-29-14-31-34(25)13-20/h9,13-15,18-19,30,32H,5-8,10-12H2,1-4H3. The van der Waals surface area contributed by atoms with Gasteiger partial charge in [-0.05, 0) is 86.6 Å². The van der Waals surface area contributed by atoms with Crippen LogP contribution in [0.1, 0.15) is 72.9 Å². The van der Waals surface area contributed by atoms with E-state index in [1.54, 1.807) is 6.33 Å². The summed E-state index contributed by atoms with van der Waals surface area (Å²) in [5.41, 5.74) is 6.97. The van der Waals surface area contributed by atoms with Crippen LogP contribution >= 0.6 is 11.3 Å². The maximum Gasteiger partial charge on any atom is 0.242 e. The van der Waals surface area contributed by atoms with Gasteiger partial charge in [-0.3, -0.25) is 4.79 Å². The van der Waals surface area contributed by atoms with Gasteiger partial charge < -0.3 is 15.2 Å².